The lowest BCUT2D eigenvalue weighted by atomic mass is 9.95. The Morgan fingerprint density at radius 3 is 2.64 bits per heavy atom. The first-order valence-electron chi connectivity index (χ1n) is 10.1. The van der Waals surface area contributed by atoms with Gasteiger partial charge in [0.15, 0.2) is 18.1 Å². The standard InChI is InChI=1S/C23H23BrIN3O5/c1-5-32-18-9-13(8-16(25)20(18)33-12-19(29)30)11-26-28-21(31)15-10-14(24)6-7-17(15)27-22(28)23(2,3)4/h6-11H,5,12H2,1-4H3,(H,29,30). The Hall–Kier alpha value is -2.47. The van der Waals surface area contributed by atoms with Crippen LogP contribution in [0.2, 0.25) is 0 Å². The van der Waals surface area contributed by atoms with Crippen molar-refractivity contribution in [3.63, 3.8) is 0 Å². The molecular formula is C23H23BrIN3O5. The van der Waals surface area contributed by atoms with Crippen LogP contribution in [0.3, 0.4) is 0 Å². The predicted molar refractivity (Wildman–Crippen MR) is 139 cm³/mol. The van der Waals surface area contributed by atoms with Gasteiger partial charge in [-0.15, -0.1) is 0 Å². The van der Waals surface area contributed by atoms with Crippen LogP contribution in [0.1, 0.15) is 39.1 Å². The summed E-state index contributed by atoms with van der Waals surface area (Å²) in [4.78, 5) is 28.9. The van der Waals surface area contributed by atoms with Crippen LogP contribution in [0.15, 0.2) is 44.7 Å². The van der Waals surface area contributed by atoms with Crippen molar-refractivity contribution in [1.29, 1.82) is 0 Å². The van der Waals surface area contributed by atoms with Crippen molar-refractivity contribution < 1.29 is 19.4 Å². The van der Waals surface area contributed by atoms with Crippen molar-refractivity contribution in [3.8, 4) is 11.5 Å². The van der Waals surface area contributed by atoms with Crippen molar-refractivity contribution in [2.75, 3.05) is 13.2 Å². The van der Waals surface area contributed by atoms with E-state index in [-0.39, 0.29) is 5.56 Å². The maximum Gasteiger partial charge on any atom is 0.341 e. The van der Waals surface area contributed by atoms with Gasteiger partial charge in [0.05, 0.1) is 27.3 Å². The summed E-state index contributed by atoms with van der Waals surface area (Å²) in [5, 5.41) is 13.9. The number of ether oxygens (including phenoxy) is 2. The van der Waals surface area contributed by atoms with Gasteiger partial charge in [-0.2, -0.15) is 9.78 Å². The molecule has 0 fully saturated rings. The van der Waals surface area contributed by atoms with Crippen molar-refractivity contribution in [2.45, 2.75) is 33.1 Å². The molecule has 2 aromatic carbocycles. The minimum atomic E-state index is -1.08. The normalized spacial score (nSPS) is 11.8. The average Bonchev–Trinajstić information content (AvgIpc) is 2.72. The molecule has 0 spiro atoms. The van der Waals surface area contributed by atoms with Crippen LogP contribution in [-0.2, 0) is 10.2 Å². The van der Waals surface area contributed by atoms with Crippen LogP contribution in [0.25, 0.3) is 10.9 Å². The second-order valence-corrected chi connectivity index (χ2v) is 10.2. The number of halogens is 2. The van der Waals surface area contributed by atoms with E-state index in [1.807, 2.05) is 56.4 Å². The first-order chi connectivity index (χ1) is 15.5. The fraction of sp³-hybridized carbons (Fsp3) is 0.304. The third kappa shape index (κ3) is 5.91. The summed E-state index contributed by atoms with van der Waals surface area (Å²) in [6.07, 6.45) is 1.55. The summed E-state index contributed by atoms with van der Waals surface area (Å²) < 4.78 is 13.8. The molecule has 1 heterocycles. The molecule has 0 bridgehead atoms. The number of benzene rings is 2. The Morgan fingerprint density at radius 2 is 2.00 bits per heavy atom. The first-order valence-corrected chi connectivity index (χ1v) is 12.0. The predicted octanol–water partition coefficient (Wildman–Crippen LogP) is 4.81. The number of fused-ring (bicyclic) bond motifs is 1. The van der Waals surface area contributed by atoms with E-state index >= 15 is 0 Å². The van der Waals surface area contributed by atoms with E-state index in [0.717, 1.165) is 4.47 Å². The molecule has 0 saturated carbocycles. The van der Waals surface area contributed by atoms with Crippen LogP contribution in [-0.4, -0.2) is 40.2 Å². The first kappa shape index (κ1) is 25.2. The van der Waals surface area contributed by atoms with Gasteiger partial charge in [0.1, 0.15) is 5.82 Å². The number of rotatable bonds is 7. The van der Waals surface area contributed by atoms with Crippen LogP contribution in [0.4, 0.5) is 0 Å². The fourth-order valence-corrected chi connectivity index (χ4v) is 4.21. The smallest absolute Gasteiger partial charge is 0.341 e. The topological polar surface area (TPSA) is 103 Å². The average molecular weight is 628 g/mol. The highest BCUT2D eigenvalue weighted by molar-refractivity contribution is 14.1. The lowest BCUT2D eigenvalue weighted by Crippen LogP contribution is -2.29. The van der Waals surface area contributed by atoms with E-state index in [2.05, 4.69) is 21.0 Å². The molecule has 0 aliphatic carbocycles. The minimum Gasteiger partial charge on any atom is -0.490 e. The maximum atomic E-state index is 13.3. The van der Waals surface area contributed by atoms with Crippen molar-refractivity contribution >= 4 is 61.6 Å². The molecule has 0 unspecified atom stereocenters. The summed E-state index contributed by atoms with van der Waals surface area (Å²) in [6.45, 7) is 7.62. The molecule has 1 aromatic heterocycles. The van der Waals surface area contributed by atoms with Crippen LogP contribution < -0.4 is 15.0 Å². The van der Waals surface area contributed by atoms with Gasteiger partial charge < -0.3 is 14.6 Å². The van der Waals surface area contributed by atoms with Gasteiger partial charge in [-0.1, -0.05) is 36.7 Å². The number of aliphatic carboxylic acids is 1. The molecule has 0 saturated heterocycles. The fourth-order valence-electron chi connectivity index (χ4n) is 3.07. The summed E-state index contributed by atoms with van der Waals surface area (Å²) in [5.41, 5.74) is 0.555. The van der Waals surface area contributed by atoms with E-state index in [9.17, 15) is 9.59 Å². The van der Waals surface area contributed by atoms with Gasteiger partial charge in [-0.25, -0.2) is 9.78 Å². The van der Waals surface area contributed by atoms with Crippen LogP contribution >= 0.6 is 38.5 Å². The second kappa shape index (κ2) is 10.2. The van der Waals surface area contributed by atoms with Gasteiger partial charge in [0.25, 0.3) is 5.56 Å². The quantitative estimate of drug-likeness (QED) is 0.298. The molecule has 0 atom stereocenters. The molecule has 33 heavy (non-hydrogen) atoms. The van der Waals surface area contributed by atoms with E-state index < -0.39 is 18.0 Å². The number of hydrogen-bond donors (Lipinski definition) is 1. The number of hydrogen-bond acceptors (Lipinski definition) is 6. The highest BCUT2D eigenvalue weighted by atomic mass is 127. The Bertz CT molecular complexity index is 1300. The number of carboxylic acid groups (broad SMARTS) is 1. The van der Waals surface area contributed by atoms with Crippen LogP contribution in [0, 0.1) is 3.57 Å². The molecule has 174 valence electrons. The second-order valence-electron chi connectivity index (χ2n) is 8.15. The molecule has 0 aliphatic rings. The molecule has 8 nitrogen and oxygen atoms in total. The van der Waals surface area contributed by atoms with Gasteiger partial charge in [0, 0.05) is 9.89 Å². The van der Waals surface area contributed by atoms with E-state index in [0.29, 0.717) is 44.0 Å². The summed E-state index contributed by atoms with van der Waals surface area (Å²) in [6, 6.07) is 8.85. The molecular weight excluding hydrogens is 605 g/mol. The number of carbonyl (C=O) groups is 1. The van der Waals surface area contributed by atoms with Gasteiger partial charge in [0.2, 0.25) is 0 Å². The van der Waals surface area contributed by atoms with E-state index in [1.165, 1.54) is 4.68 Å². The van der Waals surface area contributed by atoms with Gasteiger partial charge in [-0.3, -0.25) is 4.79 Å². The van der Waals surface area contributed by atoms with Crippen molar-refractivity contribution in [1.82, 2.24) is 9.66 Å². The monoisotopic (exact) mass is 627 g/mol. The Kier molecular flexibility index (Phi) is 7.78. The third-order valence-corrected chi connectivity index (χ3v) is 5.77. The lowest BCUT2D eigenvalue weighted by Gasteiger charge is -2.21. The Labute approximate surface area is 212 Å². The molecule has 1 N–H and O–H groups in total. The number of nitrogens with zero attached hydrogens (tertiary/aromatic N) is 3. The Balaban J connectivity index is 2.12. The molecule has 10 heteroatoms. The van der Waals surface area contributed by atoms with E-state index in [4.69, 9.17) is 19.6 Å². The number of aromatic nitrogens is 2. The largest absolute Gasteiger partial charge is 0.490 e. The van der Waals surface area contributed by atoms with Crippen molar-refractivity contribution in [3.05, 3.63) is 60.1 Å². The minimum absolute atomic E-state index is 0.274. The molecule has 0 radical (unpaired) electrons. The lowest BCUT2D eigenvalue weighted by molar-refractivity contribution is -0.139. The van der Waals surface area contributed by atoms with Crippen molar-refractivity contribution in [2.24, 2.45) is 5.10 Å². The summed E-state index contributed by atoms with van der Waals surface area (Å²) >= 11 is 5.45. The number of carboxylic acids is 1. The zero-order valence-corrected chi connectivity index (χ0v) is 22.3. The zero-order valence-electron chi connectivity index (χ0n) is 18.6. The maximum absolute atomic E-state index is 13.3. The summed E-state index contributed by atoms with van der Waals surface area (Å²) in [7, 11) is 0. The SMILES string of the molecule is CCOc1cc(C=Nn2c(C(C)(C)C)nc3ccc(Br)cc3c2=O)cc(I)c1OCC(=O)O. The van der Waals surface area contributed by atoms with Crippen LogP contribution in [0.5, 0.6) is 11.5 Å². The summed E-state index contributed by atoms with van der Waals surface area (Å²) in [5.74, 6) is 0.195. The molecule has 0 aliphatic heterocycles. The molecule has 0 amide bonds. The van der Waals surface area contributed by atoms with Gasteiger partial charge >= 0.3 is 5.97 Å². The van der Waals surface area contributed by atoms with Gasteiger partial charge in [-0.05, 0) is 65.4 Å². The van der Waals surface area contributed by atoms with E-state index in [1.54, 1.807) is 30.5 Å². The highest BCUT2D eigenvalue weighted by Gasteiger charge is 2.23. The third-order valence-electron chi connectivity index (χ3n) is 4.47. The zero-order chi connectivity index (χ0) is 24.3. The molecule has 3 rings (SSSR count). The Morgan fingerprint density at radius 1 is 1.27 bits per heavy atom. The molecule has 3 aromatic rings. The highest BCUT2D eigenvalue weighted by Crippen LogP contribution is 2.34.